The summed E-state index contributed by atoms with van der Waals surface area (Å²) in [6.07, 6.45) is 3.52. The van der Waals surface area contributed by atoms with Gasteiger partial charge in [-0.25, -0.2) is 9.59 Å². The number of hydrogen-bond acceptors (Lipinski definition) is 3. The van der Waals surface area contributed by atoms with Crippen molar-refractivity contribution >= 4 is 17.7 Å². The third kappa shape index (κ3) is 3.65. The molecule has 1 aromatic carbocycles. The maximum absolute atomic E-state index is 12.1. The number of ether oxygens (including phenoxy) is 1. The van der Waals surface area contributed by atoms with Crippen LogP contribution < -0.4 is 10.1 Å². The van der Waals surface area contributed by atoms with Gasteiger partial charge in [0, 0.05) is 19.7 Å². The Labute approximate surface area is 123 Å². The second-order valence-electron chi connectivity index (χ2n) is 5.32. The Morgan fingerprint density at radius 1 is 1.43 bits per heavy atom. The van der Waals surface area contributed by atoms with Gasteiger partial charge in [0.1, 0.15) is 5.75 Å². The molecule has 1 saturated carbocycles. The molecule has 1 aliphatic rings. The molecule has 0 radical (unpaired) electrons. The lowest BCUT2D eigenvalue weighted by Gasteiger charge is -2.30. The van der Waals surface area contributed by atoms with Gasteiger partial charge in [0.05, 0.1) is 18.4 Å². The van der Waals surface area contributed by atoms with Crippen LogP contribution in [0.3, 0.4) is 0 Å². The van der Waals surface area contributed by atoms with E-state index in [0.717, 1.165) is 12.8 Å². The summed E-state index contributed by atoms with van der Waals surface area (Å²) < 4.78 is 5.06. The first-order valence-corrected chi connectivity index (χ1v) is 6.94. The van der Waals surface area contributed by atoms with Crippen LogP contribution in [0.2, 0.25) is 0 Å². The Hall–Kier alpha value is -2.24. The van der Waals surface area contributed by atoms with E-state index < -0.39 is 5.97 Å². The molecular formula is C15H20N2O4. The molecule has 1 aromatic rings. The van der Waals surface area contributed by atoms with Crippen molar-refractivity contribution in [1.29, 1.82) is 0 Å². The fraction of sp³-hybridized carbons (Fsp3) is 0.467. The van der Waals surface area contributed by atoms with Gasteiger partial charge < -0.3 is 20.1 Å². The number of nitrogens with zero attached hydrogens (tertiary/aromatic N) is 1. The third-order valence-corrected chi connectivity index (χ3v) is 3.80. The summed E-state index contributed by atoms with van der Waals surface area (Å²) in [7, 11) is 3.21. The largest absolute Gasteiger partial charge is 0.497 e. The number of carbonyl (C=O) groups excluding carboxylic acids is 1. The van der Waals surface area contributed by atoms with E-state index >= 15 is 0 Å². The third-order valence-electron chi connectivity index (χ3n) is 3.80. The van der Waals surface area contributed by atoms with E-state index in [9.17, 15) is 9.59 Å². The van der Waals surface area contributed by atoms with E-state index in [0.29, 0.717) is 18.2 Å². The lowest BCUT2D eigenvalue weighted by Crippen LogP contribution is -2.37. The van der Waals surface area contributed by atoms with Crippen molar-refractivity contribution in [1.82, 2.24) is 4.90 Å². The normalized spacial score (nSPS) is 14.2. The van der Waals surface area contributed by atoms with E-state index in [1.165, 1.54) is 25.7 Å². The van der Waals surface area contributed by atoms with Crippen LogP contribution in [0.15, 0.2) is 18.2 Å². The summed E-state index contributed by atoms with van der Waals surface area (Å²) in [6.45, 7) is 0.693. The maximum atomic E-state index is 12.1. The monoisotopic (exact) mass is 292 g/mol. The number of carboxylic acid groups (broad SMARTS) is 1. The number of rotatable bonds is 5. The van der Waals surface area contributed by atoms with Crippen molar-refractivity contribution in [2.45, 2.75) is 19.3 Å². The molecule has 0 spiro atoms. The molecule has 0 unspecified atom stereocenters. The topological polar surface area (TPSA) is 78.9 Å². The molecule has 21 heavy (non-hydrogen) atoms. The first-order valence-electron chi connectivity index (χ1n) is 6.94. The van der Waals surface area contributed by atoms with Gasteiger partial charge in [0.2, 0.25) is 0 Å². The van der Waals surface area contributed by atoms with Crippen LogP contribution in [0.1, 0.15) is 29.6 Å². The molecule has 0 atom stereocenters. The van der Waals surface area contributed by atoms with Gasteiger partial charge in [-0.1, -0.05) is 6.42 Å². The van der Waals surface area contributed by atoms with E-state index in [4.69, 9.17) is 9.84 Å². The van der Waals surface area contributed by atoms with E-state index in [1.54, 1.807) is 18.0 Å². The summed E-state index contributed by atoms with van der Waals surface area (Å²) >= 11 is 0. The number of aromatic carboxylic acids is 1. The highest BCUT2D eigenvalue weighted by Crippen LogP contribution is 2.27. The second kappa shape index (κ2) is 6.47. The predicted molar refractivity (Wildman–Crippen MR) is 78.9 cm³/mol. The molecule has 1 fully saturated rings. The lowest BCUT2D eigenvalue weighted by molar-refractivity contribution is 0.0698. The average molecular weight is 292 g/mol. The summed E-state index contributed by atoms with van der Waals surface area (Å²) in [6, 6.07) is 4.18. The van der Waals surface area contributed by atoms with Gasteiger partial charge in [-0.05, 0) is 30.9 Å². The van der Waals surface area contributed by atoms with Crippen LogP contribution in [-0.4, -0.2) is 42.7 Å². The molecule has 6 heteroatoms. The minimum atomic E-state index is -1.09. The fourth-order valence-electron chi connectivity index (χ4n) is 2.30. The van der Waals surface area contributed by atoms with Crippen molar-refractivity contribution in [2.75, 3.05) is 26.0 Å². The summed E-state index contributed by atoms with van der Waals surface area (Å²) in [5.41, 5.74) is 0.286. The number of urea groups is 1. The smallest absolute Gasteiger partial charge is 0.337 e. The molecule has 0 saturated heterocycles. The van der Waals surface area contributed by atoms with Crippen molar-refractivity contribution in [3.8, 4) is 5.75 Å². The van der Waals surface area contributed by atoms with E-state index in [1.807, 2.05) is 0 Å². The van der Waals surface area contributed by atoms with Crippen molar-refractivity contribution in [3.05, 3.63) is 23.8 Å². The summed E-state index contributed by atoms with van der Waals surface area (Å²) in [5.74, 6) is -0.0310. The number of hydrogen-bond donors (Lipinski definition) is 2. The highest BCUT2D eigenvalue weighted by atomic mass is 16.5. The lowest BCUT2D eigenvalue weighted by atomic mass is 9.85. The zero-order valence-corrected chi connectivity index (χ0v) is 12.3. The molecule has 0 bridgehead atoms. The molecule has 0 aliphatic heterocycles. The molecule has 2 N–H and O–H groups in total. The molecule has 0 heterocycles. The molecule has 114 valence electrons. The standard InChI is InChI=1S/C15H20N2O4/c1-17(9-10-4-3-5-10)15(20)16-13-8-11(21-2)6-7-12(13)14(18)19/h6-8,10H,3-5,9H2,1-2H3,(H,16,20)(H,18,19). The molecule has 6 nitrogen and oxygen atoms in total. The molecule has 2 amide bonds. The van der Waals surface area contributed by atoms with Gasteiger partial charge in [0.25, 0.3) is 0 Å². The van der Waals surface area contributed by atoms with Crippen molar-refractivity contribution < 1.29 is 19.4 Å². The predicted octanol–water partition coefficient (Wildman–Crippen LogP) is 2.66. The zero-order valence-electron chi connectivity index (χ0n) is 12.3. The number of nitrogens with one attached hydrogen (secondary N) is 1. The molecular weight excluding hydrogens is 272 g/mol. The minimum Gasteiger partial charge on any atom is -0.497 e. The highest BCUT2D eigenvalue weighted by molar-refractivity contribution is 6.00. The SMILES string of the molecule is COc1ccc(C(=O)O)c(NC(=O)N(C)CC2CCC2)c1. The summed E-state index contributed by atoms with van der Waals surface area (Å²) in [5, 5.41) is 11.8. The number of benzene rings is 1. The Balaban J connectivity index is 2.09. The van der Waals surface area contributed by atoms with Crippen LogP contribution in [0.5, 0.6) is 5.75 Å². The number of methoxy groups -OCH3 is 1. The Morgan fingerprint density at radius 2 is 2.14 bits per heavy atom. The first kappa shape index (κ1) is 15.2. The number of carboxylic acids is 1. The van der Waals surface area contributed by atoms with Crippen LogP contribution in [0, 0.1) is 5.92 Å². The first-order chi connectivity index (χ1) is 10.0. The quantitative estimate of drug-likeness (QED) is 0.874. The van der Waals surface area contributed by atoms with Crippen LogP contribution in [0.25, 0.3) is 0 Å². The summed E-state index contributed by atoms with van der Waals surface area (Å²) in [4.78, 5) is 24.9. The van der Waals surface area contributed by atoms with Crippen molar-refractivity contribution in [2.24, 2.45) is 5.92 Å². The Bertz CT molecular complexity index is 540. The minimum absolute atomic E-state index is 0.0428. The van der Waals surface area contributed by atoms with Gasteiger partial charge in [0.15, 0.2) is 0 Å². The maximum Gasteiger partial charge on any atom is 0.337 e. The van der Waals surface area contributed by atoms with Gasteiger partial charge in [-0.15, -0.1) is 0 Å². The second-order valence-corrected chi connectivity index (χ2v) is 5.32. The Kier molecular flexibility index (Phi) is 4.67. The van der Waals surface area contributed by atoms with Crippen LogP contribution in [-0.2, 0) is 0 Å². The van der Waals surface area contributed by atoms with E-state index in [2.05, 4.69) is 5.32 Å². The average Bonchev–Trinajstić information content (AvgIpc) is 2.42. The molecule has 2 rings (SSSR count). The van der Waals surface area contributed by atoms with Crippen molar-refractivity contribution in [3.63, 3.8) is 0 Å². The van der Waals surface area contributed by atoms with Crippen LogP contribution >= 0.6 is 0 Å². The van der Waals surface area contributed by atoms with Gasteiger partial charge >= 0.3 is 12.0 Å². The number of amides is 2. The Morgan fingerprint density at radius 3 is 2.67 bits per heavy atom. The number of carbonyl (C=O) groups is 2. The molecule has 1 aliphatic carbocycles. The highest BCUT2D eigenvalue weighted by Gasteiger charge is 2.22. The molecule has 0 aromatic heterocycles. The van der Waals surface area contributed by atoms with Gasteiger partial charge in [-0.3, -0.25) is 0 Å². The van der Waals surface area contributed by atoms with Crippen LogP contribution in [0.4, 0.5) is 10.5 Å². The number of anilines is 1. The van der Waals surface area contributed by atoms with E-state index in [-0.39, 0.29) is 17.3 Å². The fourth-order valence-corrected chi connectivity index (χ4v) is 2.30. The van der Waals surface area contributed by atoms with Gasteiger partial charge in [-0.2, -0.15) is 0 Å². The zero-order chi connectivity index (χ0) is 15.4.